The molecule has 0 aromatic heterocycles. The fourth-order valence-electron chi connectivity index (χ4n) is 5.70. The Balaban J connectivity index is 1.31. The summed E-state index contributed by atoms with van der Waals surface area (Å²) in [6.45, 7) is 9.21. The number of hydrogen-bond acceptors (Lipinski definition) is 3. The third-order valence-corrected chi connectivity index (χ3v) is 7.85. The minimum Gasteiger partial charge on any atom is -0.489 e. The van der Waals surface area contributed by atoms with E-state index >= 15 is 0 Å². The largest absolute Gasteiger partial charge is 0.489 e. The molecule has 4 aromatic carbocycles. The van der Waals surface area contributed by atoms with Gasteiger partial charge in [0.05, 0.1) is 0 Å². The molecule has 1 heterocycles. The van der Waals surface area contributed by atoms with Crippen LogP contribution < -0.4 is 10.1 Å². The zero-order valence-electron chi connectivity index (χ0n) is 22.7. The molecule has 0 spiro atoms. The zero-order chi connectivity index (χ0) is 26.5. The van der Waals surface area contributed by atoms with E-state index < -0.39 is 0 Å². The molecule has 2 atom stereocenters. The van der Waals surface area contributed by atoms with Gasteiger partial charge in [0.15, 0.2) is 0 Å². The Bertz CT molecular complexity index is 1400. The maximum Gasteiger partial charge on any atom is 0.254 e. The molecule has 0 aliphatic carbocycles. The molecule has 0 saturated heterocycles. The molecule has 4 heteroatoms. The van der Waals surface area contributed by atoms with Crippen LogP contribution in [0.1, 0.15) is 58.8 Å². The van der Waals surface area contributed by atoms with Crippen molar-refractivity contribution in [1.29, 1.82) is 0 Å². The van der Waals surface area contributed by atoms with Crippen LogP contribution in [0.25, 0.3) is 10.8 Å². The van der Waals surface area contributed by atoms with Crippen LogP contribution in [0.4, 0.5) is 0 Å². The van der Waals surface area contributed by atoms with E-state index in [4.69, 9.17) is 4.74 Å². The van der Waals surface area contributed by atoms with Crippen molar-refractivity contribution >= 4 is 16.7 Å². The topological polar surface area (TPSA) is 41.6 Å². The van der Waals surface area contributed by atoms with Gasteiger partial charge in [-0.25, -0.2) is 0 Å². The predicted molar refractivity (Wildman–Crippen MR) is 156 cm³/mol. The van der Waals surface area contributed by atoms with Gasteiger partial charge in [-0.1, -0.05) is 72.8 Å². The van der Waals surface area contributed by atoms with Gasteiger partial charge < -0.3 is 15.0 Å². The van der Waals surface area contributed by atoms with Crippen molar-refractivity contribution in [1.82, 2.24) is 10.2 Å². The maximum absolute atomic E-state index is 13.2. The summed E-state index contributed by atoms with van der Waals surface area (Å²) in [5, 5.41) is 6.27. The number of nitrogens with zero attached hydrogens (tertiary/aromatic N) is 1. The van der Waals surface area contributed by atoms with Crippen LogP contribution >= 0.6 is 0 Å². The van der Waals surface area contributed by atoms with Crippen LogP contribution in [0.15, 0.2) is 84.9 Å². The number of aryl methyl sites for hydroxylation is 1. The quantitative estimate of drug-likeness (QED) is 0.256. The monoisotopic (exact) mass is 506 g/mol. The predicted octanol–water partition coefficient (Wildman–Crippen LogP) is 6.75. The van der Waals surface area contributed by atoms with Crippen molar-refractivity contribution in [2.45, 2.75) is 45.6 Å². The Labute approximate surface area is 226 Å². The molecule has 1 N–H and O–H groups in total. The number of fused-ring (bicyclic) bond motifs is 2. The number of amides is 1. The lowest BCUT2D eigenvalue weighted by molar-refractivity contribution is 0.0772. The second-order valence-corrected chi connectivity index (χ2v) is 10.2. The van der Waals surface area contributed by atoms with E-state index in [9.17, 15) is 4.79 Å². The van der Waals surface area contributed by atoms with Gasteiger partial charge in [0.2, 0.25) is 0 Å². The number of rotatable bonds is 9. The van der Waals surface area contributed by atoms with Gasteiger partial charge in [0.25, 0.3) is 5.91 Å². The Morgan fingerprint density at radius 3 is 2.55 bits per heavy atom. The van der Waals surface area contributed by atoms with Crippen LogP contribution in [-0.4, -0.2) is 43.1 Å². The molecule has 1 aliphatic heterocycles. The van der Waals surface area contributed by atoms with E-state index in [2.05, 4.69) is 84.2 Å². The minimum absolute atomic E-state index is 0.0608. The number of para-hydroxylation sites is 1. The summed E-state index contributed by atoms with van der Waals surface area (Å²) in [5.74, 6) is 1.25. The van der Waals surface area contributed by atoms with Gasteiger partial charge in [-0.15, -0.1) is 0 Å². The number of hydrogen-bond donors (Lipinski definition) is 1. The van der Waals surface area contributed by atoms with Crippen molar-refractivity contribution in [3.8, 4) is 5.75 Å². The van der Waals surface area contributed by atoms with Crippen LogP contribution in [0, 0.1) is 6.92 Å². The number of benzene rings is 4. The summed E-state index contributed by atoms with van der Waals surface area (Å²) >= 11 is 0. The highest BCUT2D eigenvalue weighted by molar-refractivity contribution is 5.96. The van der Waals surface area contributed by atoms with Crippen molar-refractivity contribution < 1.29 is 9.53 Å². The molecular weight excluding hydrogens is 468 g/mol. The molecule has 196 valence electrons. The number of nitrogens with one attached hydrogen (secondary N) is 1. The lowest BCUT2D eigenvalue weighted by Gasteiger charge is -2.33. The SMILES string of the molecule is CCN(CC)C(=O)c1cc(C2CC(CNCCc3cccc4ccccc34)Oc3ccccc32)ccc1C. The fourth-order valence-corrected chi connectivity index (χ4v) is 5.70. The van der Waals surface area contributed by atoms with Gasteiger partial charge in [0.1, 0.15) is 11.9 Å². The molecule has 0 fully saturated rings. The van der Waals surface area contributed by atoms with Crippen LogP contribution in [0.3, 0.4) is 0 Å². The lowest BCUT2D eigenvalue weighted by atomic mass is 9.83. The molecule has 38 heavy (non-hydrogen) atoms. The fraction of sp³-hybridized carbons (Fsp3) is 0.324. The molecule has 1 aliphatic rings. The maximum atomic E-state index is 13.2. The molecule has 5 rings (SSSR count). The lowest BCUT2D eigenvalue weighted by Crippen LogP contribution is -2.36. The first-order chi connectivity index (χ1) is 18.6. The highest BCUT2D eigenvalue weighted by Gasteiger charge is 2.30. The van der Waals surface area contributed by atoms with Crippen molar-refractivity contribution in [2.24, 2.45) is 0 Å². The van der Waals surface area contributed by atoms with E-state index in [0.717, 1.165) is 42.8 Å². The summed E-state index contributed by atoms with van der Waals surface area (Å²) in [6.07, 6.45) is 1.91. The average Bonchev–Trinajstić information content (AvgIpc) is 2.96. The van der Waals surface area contributed by atoms with Crippen LogP contribution in [0.5, 0.6) is 5.75 Å². The van der Waals surface area contributed by atoms with Crippen LogP contribution in [-0.2, 0) is 6.42 Å². The summed E-state index contributed by atoms with van der Waals surface area (Å²) in [7, 11) is 0. The minimum atomic E-state index is 0.0608. The highest BCUT2D eigenvalue weighted by Crippen LogP contribution is 2.40. The molecule has 0 bridgehead atoms. The zero-order valence-corrected chi connectivity index (χ0v) is 22.7. The molecule has 1 amide bonds. The van der Waals surface area contributed by atoms with E-state index in [1.165, 1.54) is 27.5 Å². The first-order valence-corrected chi connectivity index (χ1v) is 13.9. The van der Waals surface area contributed by atoms with E-state index in [1.807, 2.05) is 31.7 Å². The molecule has 0 saturated carbocycles. The number of carbonyl (C=O) groups excluding carboxylic acids is 1. The molecular formula is C34H38N2O2. The van der Waals surface area contributed by atoms with E-state index in [1.54, 1.807) is 0 Å². The molecule has 4 aromatic rings. The second-order valence-electron chi connectivity index (χ2n) is 10.2. The van der Waals surface area contributed by atoms with Crippen molar-refractivity contribution in [3.63, 3.8) is 0 Å². The smallest absolute Gasteiger partial charge is 0.254 e. The first kappa shape index (κ1) is 26.0. The Kier molecular flexibility index (Phi) is 8.09. The Morgan fingerprint density at radius 1 is 0.947 bits per heavy atom. The summed E-state index contributed by atoms with van der Waals surface area (Å²) in [6, 6.07) is 29.9. The van der Waals surface area contributed by atoms with Gasteiger partial charge in [0, 0.05) is 36.7 Å². The summed E-state index contributed by atoms with van der Waals surface area (Å²) in [5.41, 5.74) is 5.58. The van der Waals surface area contributed by atoms with Gasteiger partial charge >= 0.3 is 0 Å². The Hall–Kier alpha value is -3.63. The van der Waals surface area contributed by atoms with Crippen molar-refractivity contribution in [2.75, 3.05) is 26.2 Å². The number of ether oxygens (including phenoxy) is 1. The molecule has 4 nitrogen and oxygen atoms in total. The average molecular weight is 507 g/mol. The molecule has 2 unspecified atom stereocenters. The van der Waals surface area contributed by atoms with Crippen molar-refractivity contribution in [3.05, 3.63) is 113 Å². The second kappa shape index (κ2) is 11.8. The van der Waals surface area contributed by atoms with E-state index in [0.29, 0.717) is 13.1 Å². The standard InChI is InChI=1S/C34H38N2O2/c1-4-36(5-2)34(37)31-21-27(18-17-24(31)3)32-22-28(38-33-16-9-8-15-30(32)33)23-35-20-19-26-13-10-12-25-11-6-7-14-29(25)26/h6-18,21,28,32,35H,4-5,19-20,22-23H2,1-3H3. The van der Waals surface area contributed by atoms with E-state index in [-0.39, 0.29) is 17.9 Å². The van der Waals surface area contributed by atoms with Gasteiger partial charge in [-0.05, 0) is 79.8 Å². The molecule has 0 radical (unpaired) electrons. The third kappa shape index (κ3) is 5.46. The van der Waals surface area contributed by atoms with Gasteiger partial charge in [-0.3, -0.25) is 4.79 Å². The highest BCUT2D eigenvalue weighted by atomic mass is 16.5. The normalized spacial score (nSPS) is 16.6. The Morgan fingerprint density at radius 2 is 1.71 bits per heavy atom. The third-order valence-electron chi connectivity index (χ3n) is 7.85. The number of carbonyl (C=O) groups is 1. The first-order valence-electron chi connectivity index (χ1n) is 13.9. The van der Waals surface area contributed by atoms with Gasteiger partial charge in [-0.2, -0.15) is 0 Å². The summed E-state index contributed by atoms with van der Waals surface area (Å²) < 4.78 is 6.44. The van der Waals surface area contributed by atoms with Crippen LogP contribution in [0.2, 0.25) is 0 Å². The summed E-state index contributed by atoms with van der Waals surface area (Å²) in [4.78, 5) is 15.1.